The van der Waals surface area contributed by atoms with Gasteiger partial charge in [-0.1, -0.05) is 0 Å². The Balaban J connectivity index is 1.70. The van der Waals surface area contributed by atoms with Gasteiger partial charge in [-0.25, -0.2) is 10.4 Å². The lowest BCUT2D eigenvalue weighted by Crippen LogP contribution is -2.34. The SMILES string of the molecule is C1NCN(CC2CO2)N1. The quantitative estimate of drug-likeness (QED) is 0.455. The average Bonchev–Trinajstić information content (AvgIpc) is 2.46. The van der Waals surface area contributed by atoms with E-state index in [1.807, 2.05) is 0 Å². The molecule has 2 aliphatic heterocycles. The molecule has 2 heterocycles. The van der Waals surface area contributed by atoms with Crippen molar-refractivity contribution in [3.05, 3.63) is 0 Å². The molecule has 2 rings (SSSR count). The van der Waals surface area contributed by atoms with Crippen molar-refractivity contribution in [2.24, 2.45) is 0 Å². The molecule has 0 bridgehead atoms. The summed E-state index contributed by atoms with van der Waals surface area (Å²) in [6.07, 6.45) is 0.498. The van der Waals surface area contributed by atoms with E-state index in [-0.39, 0.29) is 0 Å². The molecule has 0 aliphatic carbocycles. The first-order chi connectivity index (χ1) is 4.45. The Hall–Kier alpha value is -0.160. The fourth-order valence-corrected chi connectivity index (χ4v) is 0.963. The fourth-order valence-electron chi connectivity index (χ4n) is 0.963. The maximum Gasteiger partial charge on any atom is 0.0951 e. The summed E-state index contributed by atoms with van der Waals surface area (Å²) in [5.74, 6) is 0. The van der Waals surface area contributed by atoms with Crippen molar-refractivity contribution in [3.63, 3.8) is 0 Å². The van der Waals surface area contributed by atoms with Gasteiger partial charge in [-0.05, 0) is 0 Å². The minimum Gasteiger partial charge on any atom is -0.372 e. The first-order valence-electron chi connectivity index (χ1n) is 3.26. The van der Waals surface area contributed by atoms with Gasteiger partial charge in [0.25, 0.3) is 0 Å². The Kier molecular flexibility index (Phi) is 1.39. The molecule has 1 unspecified atom stereocenters. The summed E-state index contributed by atoms with van der Waals surface area (Å²) in [5, 5.41) is 5.30. The van der Waals surface area contributed by atoms with Crippen molar-refractivity contribution in [1.29, 1.82) is 0 Å². The molecule has 0 aromatic rings. The highest BCUT2D eigenvalue weighted by atomic mass is 16.6. The summed E-state index contributed by atoms with van der Waals surface area (Å²) in [5.41, 5.74) is 3.17. The minimum absolute atomic E-state index is 0.498. The molecule has 2 fully saturated rings. The molecular weight excluding hydrogens is 118 g/mol. The van der Waals surface area contributed by atoms with Crippen LogP contribution >= 0.6 is 0 Å². The molecule has 2 saturated heterocycles. The summed E-state index contributed by atoms with van der Waals surface area (Å²) in [4.78, 5) is 0. The molecule has 1 atom stereocenters. The monoisotopic (exact) mass is 129 g/mol. The summed E-state index contributed by atoms with van der Waals surface area (Å²) in [6.45, 7) is 3.80. The second kappa shape index (κ2) is 2.22. The van der Waals surface area contributed by atoms with E-state index in [2.05, 4.69) is 15.8 Å². The highest BCUT2D eigenvalue weighted by molar-refractivity contribution is 4.73. The minimum atomic E-state index is 0.498. The zero-order chi connectivity index (χ0) is 6.10. The van der Waals surface area contributed by atoms with E-state index in [1.165, 1.54) is 0 Å². The van der Waals surface area contributed by atoms with Gasteiger partial charge in [0.2, 0.25) is 0 Å². The number of nitrogens with one attached hydrogen (secondary N) is 2. The van der Waals surface area contributed by atoms with Crippen LogP contribution in [0.15, 0.2) is 0 Å². The summed E-state index contributed by atoms with van der Waals surface area (Å²) in [7, 11) is 0. The second-order valence-corrected chi connectivity index (χ2v) is 2.42. The molecule has 4 heteroatoms. The number of hydrazine groups is 1. The van der Waals surface area contributed by atoms with Crippen LogP contribution in [0.1, 0.15) is 0 Å². The van der Waals surface area contributed by atoms with E-state index < -0.39 is 0 Å². The third-order valence-electron chi connectivity index (χ3n) is 1.56. The Morgan fingerprint density at radius 2 is 2.56 bits per heavy atom. The summed E-state index contributed by atoms with van der Waals surface area (Å²) < 4.78 is 5.06. The molecule has 0 radical (unpaired) electrons. The van der Waals surface area contributed by atoms with Crippen LogP contribution < -0.4 is 10.7 Å². The predicted octanol–water partition coefficient (Wildman–Crippen LogP) is -1.29. The predicted molar refractivity (Wildman–Crippen MR) is 32.5 cm³/mol. The molecule has 2 aliphatic rings. The van der Waals surface area contributed by atoms with Gasteiger partial charge in [0, 0.05) is 6.54 Å². The van der Waals surface area contributed by atoms with Crippen molar-refractivity contribution >= 4 is 0 Å². The van der Waals surface area contributed by atoms with E-state index in [0.717, 1.165) is 26.5 Å². The lowest BCUT2D eigenvalue weighted by Gasteiger charge is -2.10. The largest absolute Gasteiger partial charge is 0.372 e. The lowest BCUT2D eigenvalue weighted by molar-refractivity contribution is 0.222. The Labute approximate surface area is 54.1 Å². The van der Waals surface area contributed by atoms with Gasteiger partial charge in [-0.3, -0.25) is 5.32 Å². The van der Waals surface area contributed by atoms with Crippen molar-refractivity contribution < 1.29 is 4.74 Å². The van der Waals surface area contributed by atoms with Crippen LogP contribution in [0, 0.1) is 0 Å². The van der Waals surface area contributed by atoms with Crippen LogP contribution in [-0.2, 0) is 4.74 Å². The molecule has 0 spiro atoms. The molecule has 0 amide bonds. The third-order valence-corrected chi connectivity index (χ3v) is 1.56. The molecule has 4 nitrogen and oxygen atoms in total. The van der Waals surface area contributed by atoms with Crippen LogP contribution in [-0.4, -0.2) is 37.6 Å². The van der Waals surface area contributed by atoms with E-state index >= 15 is 0 Å². The molecular formula is C5H11N3O. The first kappa shape index (κ1) is 5.61. The van der Waals surface area contributed by atoms with Crippen LogP contribution in [0.3, 0.4) is 0 Å². The van der Waals surface area contributed by atoms with Crippen molar-refractivity contribution in [3.8, 4) is 0 Å². The van der Waals surface area contributed by atoms with Gasteiger partial charge < -0.3 is 4.74 Å². The van der Waals surface area contributed by atoms with Gasteiger partial charge in [0.05, 0.1) is 26.0 Å². The van der Waals surface area contributed by atoms with Gasteiger partial charge in [0.15, 0.2) is 0 Å². The lowest BCUT2D eigenvalue weighted by atomic mass is 10.5. The Morgan fingerprint density at radius 3 is 3.11 bits per heavy atom. The van der Waals surface area contributed by atoms with E-state index in [0.29, 0.717) is 6.10 Å². The van der Waals surface area contributed by atoms with Crippen molar-refractivity contribution in [2.45, 2.75) is 6.10 Å². The third kappa shape index (κ3) is 1.40. The molecule has 0 aromatic carbocycles. The number of hydrogen-bond acceptors (Lipinski definition) is 4. The summed E-state index contributed by atoms with van der Waals surface area (Å²) >= 11 is 0. The maximum atomic E-state index is 5.06. The Bertz CT molecular complexity index is 98.4. The average molecular weight is 129 g/mol. The highest BCUT2D eigenvalue weighted by Crippen LogP contribution is 2.09. The molecule has 52 valence electrons. The second-order valence-electron chi connectivity index (χ2n) is 2.42. The van der Waals surface area contributed by atoms with Crippen LogP contribution in [0.4, 0.5) is 0 Å². The van der Waals surface area contributed by atoms with Crippen LogP contribution in [0.25, 0.3) is 0 Å². The van der Waals surface area contributed by atoms with E-state index in [4.69, 9.17) is 4.74 Å². The van der Waals surface area contributed by atoms with Gasteiger partial charge in [0.1, 0.15) is 0 Å². The molecule has 9 heavy (non-hydrogen) atoms. The van der Waals surface area contributed by atoms with Gasteiger partial charge in [-0.2, -0.15) is 0 Å². The fraction of sp³-hybridized carbons (Fsp3) is 1.00. The van der Waals surface area contributed by atoms with Gasteiger partial charge >= 0.3 is 0 Å². The van der Waals surface area contributed by atoms with E-state index in [1.54, 1.807) is 0 Å². The molecule has 0 saturated carbocycles. The Morgan fingerprint density at radius 1 is 1.67 bits per heavy atom. The number of epoxide rings is 1. The number of hydrogen-bond donors (Lipinski definition) is 2. The number of nitrogens with zero attached hydrogens (tertiary/aromatic N) is 1. The van der Waals surface area contributed by atoms with Crippen molar-refractivity contribution in [1.82, 2.24) is 15.8 Å². The summed E-state index contributed by atoms with van der Waals surface area (Å²) in [6, 6.07) is 0. The smallest absolute Gasteiger partial charge is 0.0951 e. The first-order valence-corrected chi connectivity index (χ1v) is 3.26. The molecule has 2 N–H and O–H groups in total. The molecule has 0 aromatic heterocycles. The normalized spacial score (nSPS) is 35.3. The highest BCUT2D eigenvalue weighted by Gasteiger charge is 2.26. The van der Waals surface area contributed by atoms with Crippen molar-refractivity contribution in [2.75, 3.05) is 26.5 Å². The zero-order valence-electron chi connectivity index (χ0n) is 5.26. The standard InChI is InChI=1S/C5H11N3O/c1(5-2-9-5)8-4-6-3-7-8/h5-7H,1-4H2. The van der Waals surface area contributed by atoms with Crippen LogP contribution in [0.5, 0.6) is 0 Å². The van der Waals surface area contributed by atoms with E-state index in [9.17, 15) is 0 Å². The van der Waals surface area contributed by atoms with Crippen LogP contribution in [0.2, 0.25) is 0 Å². The maximum absolute atomic E-state index is 5.06. The topological polar surface area (TPSA) is 39.8 Å². The number of rotatable bonds is 2. The zero-order valence-corrected chi connectivity index (χ0v) is 5.26. The van der Waals surface area contributed by atoms with Gasteiger partial charge in [-0.15, -0.1) is 0 Å². The number of ether oxygens (including phenoxy) is 1.